The first-order valence-electron chi connectivity index (χ1n) is 3.44. The third kappa shape index (κ3) is 2.77. The Kier molecular flexibility index (Phi) is 2.80. The summed E-state index contributed by atoms with van der Waals surface area (Å²) in [6.45, 7) is 0. The maximum atomic E-state index is 12.7. The van der Waals surface area contributed by atoms with Crippen molar-refractivity contribution < 1.29 is 22.3 Å². The van der Waals surface area contributed by atoms with E-state index in [2.05, 4.69) is 10.2 Å². The SMILES string of the molecule is NNc1ccc(F)c(OC(F)(F)F)c1. The van der Waals surface area contributed by atoms with E-state index in [1.54, 1.807) is 0 Å². The number of nitrogens with one attached hydrogen (secondary N) is 1. The number of nitrogens with two attached hydrogens (primary N) is 1. The Labute approximate surface area is 76.4 Å². The summed E-state index contributed by atoms with van der Waals surface area (Å²) in [5, 5.41) is 0. The summed E-state index contributed by atoms with van der Waals surface area (Å²) in [6, 6.07) is 2.80. The number of ether oxygens (including phenoxy) is 1. The number of benzene rings is 1. The predicted molar refractivity (Wildman–Crippen MR) is 40.9 cm³/mol. The molecule has 0 atom stereocenters. The molecule has 0 unspecified atom stereocenters. The van der Waals surface area contributed by atoms with Crippen molar-refractivity contribution in [3.05, 3.63) is 24.0 Å². The van der Waals surface area contributed by atoms with Crippen molar-refractivity contribution in [2.75, 3.05) is 5.43 Å². The number of hydrazine groups is 1. The van der Waals surface area contributed by atoms with E-state index in [1.807, 2.05) is 0 Å². The number of halogens is 4. The third-order valence-electron chi connectivity index (χ3n) is 1.32. The Morgan fingerprint density at radius 3 is 2.43 bits per heavy atom. The highest BCUT2D eigenvalue weighted by atomic mass is 19.4. The van der Waals surface area contributed by atoms with Gasteiger partial charge in [-0.3, -0.25) is 5.84 Å². The number of alkyl halides is 3. The lowest BCUT2D eigenvalue weighted by molar-refractivity contribution is -0.275. The lowest BCUT2D eigenvalue weighted by Crippen LogP contribution is -2.18. The molecule has 0 saturated heterocycles. The van der Waals surface area contributed by atoms with Crippen LogP contribution in [-0.4, -0.2) is 6.36 Å². The lowest BCUT2D eigenvalue weighted by Gasteiger charge is -2.10. The molecule has 0 aromatic heterocycles. The second-order valence-electron chi connectivity index (χ2n) is 2.34. The smallest absolute Gasteiger partial charge is 0.403 e. The highest BCUT2D eigenvalue weighted by molar-refractivity contribution is 5.47. The van der Waals surface area contributed by atoms with Crippen molar-refractivity contribution in [1.29, 1.82) is 0 Å². The van der Waals surface area contributed by atoms with Gasteiger partial charge in [0.15, 0.2) is 11.6 Å². The van der Waals surface area contributed by atoms with E-state index in [1.165, 1.54) is 6.07 Å². The molecule has 0 aliphatic heterocycles. The van der Waals surface area contributed by atoms with Crippen LogP contribution in [-0.2, 0) is 0 Å². The molecule has 0 radical (unpaired) electrons. The van der Waals surface area contributed by atoms with Crippen molar-refractivity contribution in [3.63, 3.8) is 0 Å². The summed E-state index contributed by atoms with van der Waals surface area (Å²) in [5.74, 6) is 2.89. The van der Waals surface area contributed by atoms with Gasteiger partial charge in [-0.15, -0.1) is 13.2 Å². The van der Waals surface area contributed by atoms with Crippen LogP contribution in [0.4, 0.5) is 23.2 Å². The lowest BCUT2D eigenvalue weighted by atomic mass is 10.3. The van der Waals surface area contributed by atoms with Crippen LogP contribution in [0.15, 0.2) is 18.2 Å². The van der Waals surface area contributed by atoms with Gasteiger partial charge in [0.25, 0.3) is 0 Å². The maximum absolute atomic E-state index is 12.7. The molecule has 0 heterocycles. The van der Waals surface area contributed by atoms with Crippen LogP contribution in [0, 0.1) is 5.82 Å². The molecule has 78 valence electrons. The van der Waals surface area contributed by atoms with Gasteiger partial charge in [0.1, 0.15) is 0 Å². The van der Waals surface area contributed by atoms with Crippen molar-refractivity contribution in [2.45, 2.75) is 6.36 Å². The minimum Gasteiger partial charge on any atom is -0.403 e. The second-order valence-corrected chi connectivity index (χ2v) is 2.34. The Hall–Kier alpha value is -1.50. The number of rotatable bonds is 2. The first-order chi connectivity index (χ1) is 6.42. The highest BCUT2D eigenvalue weighted by Crippen LogP contribution is 2.27. The summed E-state index contributed by atoms with van der Waals surface area (Å²) in [4.78, 5) is 0. The van der Waals surface area contributed by atoms with Crippen molar-refractivity contribution in [1.82, 2.24) is 0 Å². The van der Waals surface area contributed by atoms with E-state index >= 15 is 0 Å². The van der Waals surface area contributed by atoms with Gasteiger partial charge in [0.2, 0.25) is 0 Å². The Balaban J connectivity index is 2.95. The van der Waals surface area contributed by atoms with Gasteiger partial charge in [-0.25, -0.2) is 4.39 Å². The molecular formula is C7H6F4N2O. The molecule has 7 heteroatoms. The van der Waals surface area contributed by atoms with Crippen LogP contribution in [0.3, 0.4) is 0 Å². The van der Waals surface area contributed by atoms with E-state index < -0.39 is 17.9 Å². The topological polar surface area (TPSA) is 47.3 Å². The van der Waals surface area contributed by atoms with Crippen LogP contribution in [0.5, 0.6) is 5.75 Å². The molecule has 0 bridgehead atoms. The second kappa shape index (κ2) is 3.70. The molecule has 3 nitrogen and oxygen atoms in total. The molecule has 1 aromatic carbocycles. The van der Waals surface area contributed by atoms with Crippen molar-refractivity contribution >= 4 is 5.69 Å². The largest absolute Gasteiger partial charge is 0.573 e. The number of nitrogen functional groups attached to an aromatic ring is 1. The fourth-order valence-corrected chi connectivity index (χ4v) is 0.796. The quantitative estimate of drug-likeness (QED) is 0.446. The molecular weight excluding hydrogens is 204 g/mol. The van der Waals surface area contributed by atoms with Crippen LogP contribution >= 0.6 is 0 Å². The Morgan fingerprint density at radius 2 is 1.93 bits per heavy atom. The fraction of sp³-hybridized carbons (Fsp3) is 0.143. The Bertz CT molecular complexity index is 326. The van der Waals surface area contributed by atoms with E-state index in [4.69, 9.17) is 5.84 Å². The van der Waals surface area contributed by atoms with Crippen LogP contribution in [0.25, 0.3) is 0 Å². The summed E-state index contributed by atoms with van der Waals surface area (Å²) in [5.41, 5.74) is 2.18. The van der Waals surface area contributed by atoms with E-state index in [-0.39, 0.29) is 5.69 Å². The molecule has 0 aliphatic carbocycles. The first kappa shape index (κ1) is 10.6. The minimum absolute atomic E-state index is 0.116. The highest BCUT2D eigenvalue weighted by Gasteiger charge is 2.32. The molecule has 3 N–H and O–H groups in total. The van der Waals surface area contributed by atoms with E-state index in [9.17, 15) is 17.6 Å². The fourth-order valence-electron chi connectivity index (χ4n) is 0.796. The average Bonchev–Trinajstić information content (AvgIpc) is 2.06. The summed E-state index contributed by atoms with van der Waals surface area (Å²) in [7, 11) is 0. The number of hydrogen-bond acceptors (Lipinski definition) is 3. The predicted octanol–water partition coefficient (Wildman–Crippen LogP) is 2.01. The molecule has 0 fully saturated rings. The number of anilines is 1. The zero-order valence-corrected chi connectivity index (χ0v) is 6.73. The first-order valence-corrected chi connectivity index (χ1v) is 3.44. The zero-order valence-electron chi connectivity index (χ0n) is 6.73. The molecule has 14 heavy (non-hydrogen) atoms. The van der Waals surface area contributed by atoms with Gasteiger partial charge in [0, 0.05) is 6.07 Å². The molecule has 1 rings (SSSR count). The third-order valence-corrected chi connectivity index (χ3v) is 1.32. The molecule has 0 aliphatic rings. The summed E-state index contributed by atoms with van der Waals surface area (Å²) in [6.07, 6.45) is -4.92. The minimum atomic E-state index is -4.92. The van der Waals surface area contributed by atoms with Crippen LogP contribution in [0.1, 0.15) is 0 Å². The zero-order chi connectivity index (χ0) is 10.8. The molecule has 0 spiro atoms. The van der Waals surface area contributed by atoms with Gasteiger partial charge < -0.3 is 10.2 Å². The van der Waals surface area contributed by atoms with Gasteiger partial charge in [-0.1, -0.05) is 0 Å². The standard InChI is InChI=1S/C7H6F4N2O/c8-5-2-1-4(13-12)3-6(5)14-7(9,10)11/h1-3,13H,12H2. The molecule has 1 aromatic rings. The van der Waals surface area contributed by atoms with Crippen LogP contribution in [0.2, 0.25) is 0 Å². The number of hydrogen-bond donors (Lipinski definition) is 2. The summed E-state index contributed by atoms with van der Waals surface area (Å²) < 4.78 is 51.3. The molecule has 0 saturated carbocycles. The van der Waals surface area contributed by atoms with E-state index in [0.717, 1.165) is 12.1 Å². The van der Waals surface area contributed by atoms with Gasteiger partial charge in [-0.2, -0.15) is 0 Å². The van der Waals surface area contributed by atoms with Crippen LogP contribution < -0.4 is 16.0 Å². The van der Waals surface area contributed by atoms with Crippen molar-refractivity contribution in [2.24, 2.45) is 5.84 Å². The van der Waals surface area contributed by atoms with Crippen molar-refractivity contribution in [3.8, 4) is 5.75 Å². The average molecular weight is 210 g/mol. The Morgan fingerprint density at radius 1 is 1.29 bits per heavy atom. The van der Waals surface area contributed by atoms with Gasteiger partial charge >= 0.3 is 6.36 Å². The monoisotopic (exact) mass is 210 g/mol. The normalized spacial score (nSPS) is 11.2. The van der Waals surface area contributed by atoms with E-state index in [0.29, 0.717) is 0 Å². The molecule has 0 amide bonds. The summed E-state index contributed by atoms with van der Waals surface area (Å²) >= 11 is 0. The van der Waals surface area contributed by atoms with Gasteiger partial charge in [0.05, 0.1) is 5.69 Å². The van der Waals surface area contributed by atoms with Gasteiger partial charge in [-0.05, 0) is 12.1 Å². The maximum Gasteiger partial charge on any atom is 0.573 e.